The largest absolute Gasteiger partial charge is 0.364 e. The lowest BCUT2D eigenvalue weighted by Gasteiger charge is -2.33. The number of amides is 1. The number of ether oxygens (including phenoxy) is 1. The van der Waals surface area contributed by atoms with Crippen molar-refractivity contribution in [3.05, 3.63) is 0 Å². The maximum absolute atomic E-state index is 13.4. The van der Waals surface area contributed by atoms with Crippen molar-refractivity contribution in [2.45, 2.75) is 86.8 Å². The summed E-state index contributed by atoms with van der Waals surface area (Å²) >= 11 is 12.3. The van der Waals surface area contributed by atoms with E-state index in [0.717, 1.165) is 12.8 Å². The molecule has 2 saturated carbocycles. The molecule has 7 unspecified atom stereocenters. The SMILES string of the molecule is CC(OC1CCC(Cl)CC1Cl)C(=O)NC1CCC(F)C(F)C1. The number of hydrogen-bond donors (Lipinski definition) is 1. The zero-order valence-corrected chi connectivity index (χ0v) is 14.1. The lowest BCUT2D eigenvalue weighted by Crippen LogP contribution is -2.47. The van der Waals surface area contributed by atoms with Crippen LogP contribution in [-0.2, 0) is 9.53 Å². The minimum atomic E-state index is -1.50. The van der Waals surface area contributed by atoms with Gasteiger partial charge in [0.15, 0.2) is 0 Å². The summed E-state index contributed by atoms with van der Waals surface area (Å²) < 4.78 is 32.2. The monoisotopic (exact) mass is 357 g/mol. The molecule has 0 aliphatic heterocycles. The molecule has 0 heterocycles. The van der Waals surface area contributed by atoms with Gasteiger partial charge in [-0.3, -0.25) is 4.79 Å². The van der Waals surface area contributed by atoms with E-state index in [1.807, 2.05) is 0 Å². The summed E-state index contributed by atoms with van der Waals surface area (Å²) in [4.78, 5) is 12.1. The van der Waals surface area contributed by atoms with Crippen LogP contribution in [0.1, 0.15) is 45.4 Å². The Hall–Kier alpha value is -0.130. The fraction of sp³-hybridized carbons (Fsp3) is 0.933. The maximum Gasteiger partial charge on any atom is 0.249 e. The van der Waals surface area contributed by atoms with Gasteiger partial charge in [-0.2, -0.15) is 0 Å². The summed E-state index contributed by atoms with van der Waals surface area (Å²) in [6.07, 6.45) is -0.965. The van der Waals surface area contributed by atoms with E-state index in [2.05, 4.69) is 5.32 Å². The van der Waals surface area contributed by atoms with Crippen molar-refractivity contribution in [1.29, 1.82) is 0 Å². The van der Waals surface area contributed by atoms with Crippen LogP contribution in [0.4, 0.5) is 8.78 Å². The normalized spacial score (nSPS) is 41.0. The molecule has 1 amide bonds. The minimum Gasteiger partial charge on any atom is -0.364 e. The van der Waals surface area contributed by atoms with Crippen LogP contribution in [0.5, 0.6) is 0 Å². The Balaban J connectivity index is 1.77. The second-order valence-electron chi connectivity index (χ2n) is 6.29. The molecule has 0 spiro atoms. The third-order valence-corrected chi connectivity index (χ3v) is 5.29. The van der Waals surface area contributed by atoms with Crippen LogP contribution in [0.25, 0.3) is 0 Å². The molecule has 1 N–H and O–H groups in total. The number of halogens is 4. The van der Waals surface area contributed by atoms with Crippen molar-refractivity contribution >= 4 is 29.1 Å². The van der Waals surface area contributed by atoms with E-state index in [4.69, 9.17) is 27.9 Å². The standard InChI is InChI=1S/C15H23Cl2F2NO2/c1-8(22-14-5-2-9(16)6-11(14)17)15(21)20-10-3-4-12(18)13(19)7-10/h8-14H,2-7H2,1H3,(H,20,21). The average molecular weight is 358 g/mol. The number of alkyl halides is 4. The molecular formula is C15H23Cl2F2NO2. The molecule has 0 aromatic heterocycles. The number of carbonyl (C=O) groups is 1. The molecule has 2 rings (SSSR count). The van der Waals surface area contributed by atoms with E-state index < -0.39 is 18.4 Å². The van der Waals surface area contributed by atoms with E-state index in [1.165, 1.54) is 0 Å². The van der Waals surface area contributed by atoms with Crippen LogP contribution in [0.2, 0.25) is 0 Å². The third-order valence-electron chi connectivity index (χ3n) is 4.44. The van der Waals surface area contributed by atoms with Crippen molar-refractivity contribution in [2.24, 2.45) is 0 Å². The highest BCUT2D eigenvalue weighted by molar-refractivity contribution is 6.24. The highest BCUT2D eigenvalue weighted by atomic mass is 35.5. The first-order valence-corrected chi connectivity index (χ1v) is 8.76. The predicted molar refractivity (Wildman–Crippen MR) is 83.0 cm³/mol. The topological polar surface area (TPSA) is 38.3 Å². The van der Waals surface area contributed by atoms with Crippen LogP contribution in [0.3, 0.4) is 0 Å². The number of nitrogens with one attached hydrogen (secondary N) is 1. The van der Waals surface area contributed by atoms with Crippen LogP contribution < -0.4 is 5.32 Å². The van der Waals surface area contributed by atoms with Gasteiger partial charge >= 0.3 is 0 Å². The smallest absolute Gasteiger partial charge is 0.249 e. The Bertz CT molecular complexity index is 389. The third kappa shape index (κ3) is 4.93. The number of rotatable bonds is 4. The molecule has 7 heteroatoms. The average Bonchev–Trinajstić information content (AvgIpc) is 2.45. The zero-order chi connectivity index (χ0) is 16.3. The molecule has 0 saturated heterocycles. The van der Waals surface area contributed by atoms with Crippen molar-refractivity contribution in [3.63, 3.8) is 0 Å². The van der Waals surface area contributed by atoms with E-state index >= 15 is 0 Å². The molecule has 128 valence electrons. The van der Waals surface area contributed by atoms with Gasteiger partial charge in [0.2, 0.25) is 5.91 Å². The van der Waals surface area contributed by atoms with Crippen molar-refractivity contribution < 1.29 is 18.3 Å². The highest BCUT2D eigenvalue weighted by Crippen LogP contribution is 2.30. The van der Waals surface area contributed by atoms with Crippen molar-refractivity contribution in [3.8, 4) is 0 Å². The summed E-state index contributed by atoms with van der Waals surface area (Å²) in [7, 11) is 0. The predicted octanol–water partition coefficient (Wildman–Crippen LogP) is 3.50. The Morgan fingerprint density at radius 2 is 1.86 bits per heavy atom. The molecule has 2 fully saturated rings. The molecule has 2 aliphatic rings. The lowest BCUT2D eigenvalue weighted by molar-refractivity contribution is -0.137. The van der Waals surface area contributed by atoms with E-state index in [0.29, 0.717) is 12.8 Å². The Morgan fingerprint density at radius 3 is 2.50 bits per heavy atom. The summed E-state index contributed by atoms with van der Waals surface area (Å²) in [6, 6.07) is -0.328. The molecule has 0 aromatic carbocycles. The molecule has 22 heavy (non-hydrogen) atoms. The van der Waals surface area contributed by atoms with E-state index in [1.54, 1.807) is 6.92 Å². The Kier molecular flexibility index (Phi) is 6.72. The Labute approximate surface area is 140 Å². The summed E-state index contributed by atoms with van der Waals surface area (Å²) in [5.74, 6) is -0.300. The molecule has 2 aliphatic carbocycles. The number of carbonyl (C=O) groups excluding carboxylic acids is 1. The molecule has 3 nitrogen and oxygen atoms in total. The quantitative estimate of drug-likeness (QED) is 0.782. The first-order valence-electron chi connectivity index (χ1n) is 7.89. The lowest BCUT2D eigenvalue weighted by atomic mass is 9.92. The van der Waals surface area contributed by atoms with Crippen molar-refractivity contribution in [1.82, 2.24) is 5.32 Å². The van der Waals surface area contributed by atoms with Gasteiger partial charge in [-0.15, -0.1) is 23.2 Å². The first kappa shape index (κ1) is 18.2. The summed E-state index contributed by atoms with van der Waals surface area (Å²) in [6.45, 7) is 1.65. The maximum atomic E-state index is 13.4. The van der Waals surface area contributed by atoms with Crippen LogP contribution >= 0.6 is 23.2 Å². The first-order chi connectivity index (χ1) is 10.4. The van der Waals surface area contributed by atoms with Gasteiger partial charge in [0.05, 0.1) is 11.5 Å². The van der Waals surface area contributed by atoms with Gasteiger partial charge in [0.1, 0.15) is 18.4 Å². The molecule has 0 bridgehead atoms. The molecular weight excluding hydrogens is 335 g/mol. The van der Waals surface area contributed by atoms with E-state index in [9.17, 15) is 13.6 Å². The molecule has 7 atom stereocenters. The van der Waals surface area contributed by atoms with Gasteiger partial charge in [-0.25, -0.2) is 8.78 Å². The molecule has 0 aromatic rings. The molecule has 0 radical (unpaired) electrons. The van der Waals surface area contributed by atoms with E-state index in [-0.39, 0.29) is 41.6 Å². The number of hydrogen-bond acceptors (Lipinski definition) is 2. The summed E-state index contributed by atoms with van der Waals surface area (Å²) in [5.41, 5.74) is 0. The fourth-order valence-electron chi connectivity index (χ4n) is 3.05. The van der Waals surface area contributed by atoms with Gasteiger partial charge < -0.3 is 10.1 Å². The zero-order valence-electron chi connectivity index (χ0n) is 12.6. The van der Waals surface area contributed by atoms with Crippen LogP contribution in [0, 0.1) is 0 Å². The van der Waals surface area contributed by atoms with Gasteiger partial charge in [-0.1, -0.05) is 0 Å². The van der Waals surface area contributed by atoms with Crippen molar-refractivity contribution in [2.75, 3.05) is 0 Å². The fourth-order valence-corrected chi connectivity index (χ4v) is 3.85. The summed E-state index contributed by atoms with van der Waals surface area (Å²) in [5, 5.41) is 2.60. The second kappa shape index (κ2) is 8.11. The Morgan fingerprint density at radius 1 is 1.14 bits per heavy atom. The van der Waals surface area contributed by atoms with Gasteiger partial charge in [0, 0.05) is 17.8 Å². The van der Waals surface area contributed by atoms with Crippen LogP contribution in [-0.4, -0.2) is 47.3 Å². The minimum absolute atomic E-state index is 0.0229. The highest BCUT2D eigenvalue weighted by Gasteiger charge is 2.34. The van der Waals surface area contributed by atoms with Gasteiger partial charge in [0.25, 0.3) is 0 Å². The van der Waals surface area contributed by atoms with Crippen LogP contribution in [0.15, 0.2) is 0 Å². The van der Waals surface area contributed by atoms with Gasteiger partial charge in [-0.05, 0) is 39.0 Å². The second-order valence-corrected chi connectivity index (χ2v) is 7.47.